The van der Waals surface area contributed by atoms with E-state index < -0.39 is 0 Å². The minimum atomic E-state index is 0.684. The minimum Gasteiger partial charge on any atom is -0.492 e. The highest BCUT2D eigenvalue weighted by Gasteiger charge is 2.22. The zero-order valence-electron chi connectivity index (χ0n) is 12.9. The molecule has 1 fully saturated rings. The smallest absolute Gasteiger partial charge is 0.157 e. The lowest BCUT2D eigenvalue weighted by Gasteiger charge is -2.09. The lowest BCUT2D eigenvalue weighted by atomic mass is 10.2. The molecule has 0 aliphatic heterocycles. The first-order valence-corrected chi connectivity index (χ1v) is 7.71. The van der Waals surface area contributed by atoms with E-state index in [1.165, 1.54) is 12.8 Å². The van der Waals surface area contributed by atoms with Crippen molar-refractivity contribution in [3.05, 3.63) is 42.7 Å². The number of nitrogens with zero attached hydrogens (tertiary/aromatic N) is 4. The van der Waals surface area contributed by atoms with Crippen LogP contribution in [0.2, 0.25) is 0 Å². The van der Waals surface area contributed by atoms with Crippen LogP contribution in [-0.2, 0) is 0 Å². The number of ether oxygens (including phenoxy) is 1. The van der Waals surface area contributed by atoms with Gasteiger partial charge in [-0.05, 0) is 37.8 Å². The SMILES string of the molecule is Cc1ncc(Nc2nccc3cc(OCC4CC4)cnc23)cn1. The maximum absolute atomic E-state index is 5.79. The van der Waals surface area contributed by atoms with Crippen LogP contribution in [-0.4, -0.2) is 26.5 Å². The van der Waals surface area contributed by atoms with Crippen molar-refractivity contribution >= 4 is 22.4 Å². The lowest BCUT2D eigenvalue weighted by Crippen LogP contribution is -2.01. The minimum absolute atomic E-state index is 0.684. The fourth-order valence-corrected chi connectivity index (χ4v) is 2.30. The van der Waals surface area contributed by atoms with Crippen LogP contribution in [0.5, 0.6) is 5.75 Å². The van der Waals surface area contributed by atoms with Gasteiger partial charge in [0.25, 0.3) is 0 Å². The Bertz CT molecular complexity index is 830. The van der Waals surface area contributed by atoms with Crippen LogP contribution in [0, 0.1) is 12.8 Å². The zero-order chi connectivity index (χ0) is 15.6. The number of pyridine rings is 2. The first kappa shape index (κ1) is 13.9. The highest BCUT2D eigenvalue weighted by atomic mass is 16.5. The average molecular weight is 307 g/mol. The normalized spacial score (nSPS) is 14.0. The molecular formula is C17H17N5O. The van der Waals surface area contributed by atoms with E-state index in [0.717, 1.165) is 40.7 Å². The molecule has 0 unspecified atom stereocenters. The predicted octanol–water partition coefficient (Wildman–Crippen LogP) is 3.26. The fraction of sp³-hybridized carbons (Fsp3) is 0.294. The summed E-state index contributed by atoms with van der Waals surface area (Å²) >= 11 is 0. The van der Waals surface area contributed by atoms with Crippen LogP contribution >= 0.6 is 0 Å². The summed E-state index contributed by atoms with van der Waals surface area (Å²) in [7, 11) is 0. The van der Waals surface area contributed by atoms with Crippen molar-refractivity contribution in [2.24, 2.45) is 5.92 Å². The lowest BCUT2D eigenvalue weighted by molar-refractivity contribution is 0.299. The van der Waals surface area contributed by atoms with Crippen molar-refractivity contribution in [3.63, 3.8) is 0 Å². The van der Waals surface area contributed by atoms with Gasteiger partial charge in [0.05, 0.1) is 30.9 Å². The van der Waals surface area contributed by atoms with E-state index in [4.69, 9.17) is 4.74 Å². The second-order valence-corrected chi connectivity index (χ2v) is 5.80. The molecule has 6 nitrogen and oxygen atoms in total. The van der Waals surface area contributed by atoms with Gasteiger partial charge >= 0.3 is 0 Å². The Hall–Kier alpha value is -2.76. The van der Waals surface area contributed by atoms with Gasteiger partial charge < -0.3 is 10.1 Å². The van der Waals surface area contributed by atoms with E-state index in [1.54, 1.807) is 24.8 Å². The van der Waals surface area contributed by atoms with Crippen LogP contribution in [0.3, 0.4) is 0 Å². The second-order valence-electron chi connectivity index (χ2n) is 5.80. The van der Waals surface area contributed by atoms with Crippen LogP contribution < -0.4 is 10.1 Å². The number of hydrogen-bond acceptors (Lipinski definition) is 6. The molecule has 1 aliphatic carbocycles. The third-order valence-corrected chi connectivity index (χ3v) is 3.80. The molecule has 0 aromatic carbocycles. The summed E-state index contributed by atoms with van der Waals surface area (Å²) in [5.74, 6) is 2.95. The first-order chi connectivity index (χ1) is 11.3. The van der Waals surface area contributed by atoms with Crippen LogP contribution in [0.15, 0.2) is 36.9 Å². The number of nitrogens with one attached hydrogen (secondary N) is 1. The maximum atomic E-state index is 5.79. The highest BCUT2D eigenvalue weighted by molar-refractivity contribution is 5.90. The third-order valence-electron chi connectivity index (χ3n) is 3.80. The van der Waals surface area contributed by atoms with E-state index in [2.05, 4.69) is 25.3 Å². The van der Waals surface area contributed by atoms with Crippen LogP contribution in [0.4, 0.5) is 11.5 Å². The molecule has 1 N–H and O–H groups in total. The van der Waals surface area contributed by atoms with Crippen molar-refractivity contribution in [1.82, 2.24) is 19.9 Å². The average Bonchev–Trinajstić information content (AvgIpc) is 3.39. The van der Waals surface area contributed by atoms with Crippen LogP contribution in [0.1, 0.15) is 18.7 Å². The molecule has 0 amide bonds. The number of fused-ring (bicyclic) bond motifs is 1. The van der Waals surface area contributed by atoms with Gasteiger partial charge in [-0.3, -0.25) is 0 Å². The van der Waals surface area contributed by atoms with Crippen molar-refractivity contribution in [1.29, 1.82) is 0 Å². The monoisotopic (exact) mass is 307 g/mol. The quantitative estimate of drug-likeness (QED) is 0.780. The van der Waals surface area contributed by atoms with Crippen molar-refractivity contribution in [2.45, 2.75) is 19.8 Å². The Morgan fingerprint density at radius 1 is 1.13 bits per heavy atom. The summed E-state index contributed by atoms with van der Waals surface area (Å²) in [5.41, 5.74) is 1.58. The molecule has 0 spiro atoms. The van der Waals surface area contributed by atoms with Gasteiger partial charge in [-0.15, -0.1) is 0 Å². The standard InChI is InChI=1S/C17H17N5O/c1-11-19-7-14(8-20-11)22-17-16-13(4-5-18-17)6-15(9-21-16)23-10-12-2-3-12/h4-9,12H,2-3,10H2,1H3,(H,18,22). The number of aryl methyl sites for hydroxylation is 1. The summed E-state index contributed by atoms with van der Waals surface area (Å²) in [6, 6.07) is 3.94. The Labute approximate surface area is 134 Å². The van der Waals surface area contributed by atoms with Gasteiger partial charge in [0, 0.05) is 11.6 Å². The van der Waals surface area contributed by atoms with E-state index in [-0.39, 0.29) is 0 Å². The molecule has 0 atom stereocenters. The van der Waals surface area contributed by atoms with Gasteiger partial charge in [-0.1, -0.05) is 0 Å². The Morgan fingerprint density at radius 2 is 1.96 bits per heavy atom. The van der Waals surface area contributed by atoms with Gasteiger partial charge in [-0.2, -0.15) is 0 Å². The summed E-state index contributed by atoms with van der Waals surface area (Å²) in [6.45, 7) is 2.63. The van der Waals surface area contributed by atoms with E-state index in [9.17, 15) is 0 Å². The van der Waals surface area contributed by atoms with E-state index in [1.807, 2.05) is 19.1 Å². The molecule has 0 saturated heterocycles. The summed E-state index contributed by atoms with van der Waals surface area (Å²) in [5, 5.41) is 4.20. The predicted molar refractivity (Wildman–Crippen MR) is 87.8 cm³/mol. The van der Waals surface area contributed by atoms with Gasteiger partial charge in [0.2, 0.25) is 0 Å². The van der Waals surface area contributed by atoms with E-state index >= 15 is 0 Å². The first-order valence-electron chi connectivity index (χ1n) is 7.71. The molecule has 6 heteroatoms. The molecule has 0 bridgehead atoms. The van der Waals surface area contributed by atoms with Crippen molar-refractivity contribution < 1.29 is 4.74 Å². The number of anilines is 2. The summed E-state index contributed by atoms with van der Waals surface area (Å²) in [6.07, 6.45) is 9.52. The molecule has 3 aromatic rings. The second kappa shape index (κ2) is 5.79. The molecule has 116 valence electrons. The largest absolute Gasteiger partial charge is 0.492 e. The van der Waals surface area contributed by atoms with Crippen molar-refractivity contribution in [2.75, 3.05) is 11.9 Å². The topological polar surface area (TPSA) is 72.8 Å². The maximum Gasteiger partial charge on any atom is 0.157 e. The van der Waals surface area contributed by atoms with Gasteiger partial charge in [0.1, 0.15) is 17.1 Å². The molecule has 4 rings (SSSR count). The molecule has 3 heterocycles. The number of hydrogen-bond donors (Lipinski definition) is 1. The fourth-order valence-electron chi connectivity index (χ4n) is 2.30. The third kappa shape index (κ3) is 3.21. The Morgan fingerprint density at radius 3 is 2.74 bits per heavy atom. The molecule has 1 aliphatic rings. The van der Waals surface area contributed by atoms with Crippen LogP contribution in [0.25, 0.3) is 10.9 Å². The Balaban J connectivity index is 1.60. The molecule has 3 aromatic heterocycles. The van der Waals surface area contributed by atoms with Gasteiger partial charge in [-0.25, -0.2) is 19.9 Å². The molecule has 23 heavy (non-hydrogen) atoms. The highest BCUT2D eigenvalue weighted by Crippen LogP contribution is 2.30. The Kier molecular flexibility index (Phi) is 3.49. The molecular weight excluding hydrogens is 290 g/mol. The van der Waals surface area contributed by atoms with Gasteiger partial charge in [0.15, 0.2) is 5.82 Å². The summed E-state index contributed by atoms with van der Waals surface area (Å²) < 4.78 is 5.79. The number of rotatable bonds is 5. The number of aromatic nitrogens is 4. The zero-order valence-corrected chi connectivity index (χ0v) is 12.9. The molecule has 1 saturated carbocycles. The van der Waals surface area contributed by atoms with E-state index in [0.29, 0.717) is 5.82 Å². The van der Waals surface area contributed by atoms with Crippen molar-refractivity contribution in [3.8, 4) is 5.75 Å². The summed E-state index contributed by atoms with van der Waals surface area (Å²) in [4.78, 5) is 17.2. The molecule has 0 radical (unpaired) electrons.